The lowest BCUT2D eigenvalue weighted by Gasteiger charge is -2.29. The predicted molar refractivity (Wildman–Crippen MR) is 87.4 cm³/mol. The fourth-order valence-corrected chi connectivity index (χ4v) is 2.09. The average molecular weight is 300 g/mol. The largest absolute Gasteiger partial charge is 0.388 e. The van der Waals surface area contributed by atoms with Crippen LogP contribution in [-0.4, -0.2) is 23.4 Å². The zero-order valence-electron chi connectivity index (χ0n) is 13.2. The molecule has 0 heterocycles. The summed E-state index contributed by atoms with van der Waals surface area (Å²) < 4.78 is 11.6. The van der Waals surface area contributed by atoms with E-state index in [9.17, 15) is 5.11 Å². The minimum absolute atomic E-state index is 0.352. The molecule has 0 radical (unpaired) electrons. The van der Waals surface area contributed by atoms with Crippen molar-refractivity contribution in [3.8, 4) is 0 Å². The highest BCUT2D eigenvalue weighted by molar-refractivity contribution is 5.14. The van der Waals surface area contributed by atoms with Crippen molar-refractivity contribution in [3.05, 3.63) is 71.8 Å². The summed E-state index contributed by atoms with van der Waals surface area (Å²) in [6.45, 7) is 4.82. The van der Waals surface area contributed by atoms with Crippen molar-refractivity contribution in [2.45, 2.75) is 38.8 Å². The van der Waals surface area contributed by atoms with E-state index in [4.69, 9.17) is 9.47 Å². The summed E-state index contributed by atoms with van der Waals surface area (Å²) >= 11 is 0. The zero-order valence-corrected chi connectivity index (χ0v) is 13.2. The van der Waals surface area contributed by atoms with Crippen LogP contribution >= 0.6 is 0 Å². The number of benzene rings is 2. The fraction of sp³-hybridized carbons (Fsp3) is 0.368. The third-order valence-corrected chi connectivity index (χ3v) is 3.46. The molecule has 0 amide bonds. The molecule has 0 spiro atoms. The van der Waals surface area contributed by atoms with Crippen LogP contribution in [0.3, 0.4) is 0 Å². The van der Waals surface area contributed by atoms with Crippen LogP contribution in [0.15, 0.2) is 60.7 Å². The fourth-order valence-electron chi connectivity index (χ4n) is 2.09. The number of hydrogen-bond acceptors (Lipinski definition) is 3. The van der Waals surface area contributed by atoms with Crippen molar-refractivity contribution in [2.24, 2.45) is 0 Å². The minimum atomic E-state index is -0.953. The van der Waals surface area contributed by atoms with Gasteiger partial charge in [-0.05, 0) is 25.0 Å². The van der Waals surface area contributed by atoms with Gasteiger partial charge in [0, 0.05) is 0 Å². The predicted octanol–water partition coefficient (Wildman–Crippen LogP) is 3.56. The highest BCUT2D eigenvalue weighted by Gasteiger charge is 2.28. The molecule has 0 fully saturated rings. The van der Waals surface area contributed by atoms with Gasteiger partial charge < -0.3 is 14.6 Å². The summed E-state index contributed by atoms with van der Waals surface area (Å²) in [5.41, 5.74) is 1.24. The smallest absolute Gasteiger partial charge is 0.109 e. The van der Waals surface area contributed by atoms with E-state index in [-0.39, 0.29) is 6.10 Å². The topological polar surface area (TPSA) is 38.7 Å². The molecular formula is C19H24O3. The van der Waals surface area contributed by atoms with E-state index in [1.807, 2.05) is 60.7 Å². The maximum absolute atomic E-state index is 10.2. The van der Waals surface area contributed by atoms with Gasteiger partial charge in [0.1, 0.15) is 6.10 Å². The Labute approximate surface area is 132 Å². The zero-order chi connectivity index (χ0) is 15.8. The Kier molecular flexibility index (Phi) is 6.13. The Morgan fingerprint density at radius 1 is 0.864 bits per heavy atom. The quantitative estimate of drug-likeness (QED) is 0.810. The van der Waals surface area contributed by atoms with E-state index in [1.54, 1.807) is 13.8 Å². The van der Waals surface area contributed by atoms with Gasteiger partial charge in [0.15, 0.2) is 0 Å². The van der Waals surface area contributed by atoms with Crippen LogP contribution < -0.4 is 0 Å². The van der Waals surface area contributed by atoms with Crippen LogP contribution in [-0.2, 0) is 22.7 Å². The first-order valence-corrected chi connectivity index (χ1v) is 7.55. The van der Waals surface area contributed by atoms with Gasteiger partial charge >= 0.3 is 0 Å². The molecule has 22 heavy (non-hydrogen) atoms. The highest BCUT2D eigenvalue weighted by Crippen LogP contribution is 2.16. The van der Waals surface area contributed by atoms with E-state index in [0.29, 0.717) is 19.8 Å². The first kappa shape index (κ1) is 16.7. The Morgan fingerprint density at radius 3 is 1.86 bits per heavy atom. The molecule has 1 atom stereocenters. The number of ether oxygens (including phenoxy) is 2. The van der Waals surface area contributed by atoms with Gasteiger partial charge in [-0.15, -0.1) is 0 Å². The number of rotatable bonds is 8. The lowest BCUT2D eigenvalue weighted by molar-refractivity contribution is -0.128. The third-order valence-electron chi connectivity index (χ3n) is 3.46. The second kappa shape index (κ2) is 8.08. The summed E-state index contributed by atoms with van der Waals surface area (Å²) in [6.07, 6.45) is -0.378. The lowest BCUT2D eigenvalue weighted by Crippen LogP contribution is -2.41. The Bertz CT molecular complexity index is 532. The first-order valence-electron chi connectivity index (χ1n) is 7.55. The summed E-state index contributed by atoms with van der Waals surface area (Å²) in [5, 5.41) is 10.2. The van der Waals surface area contributed by atoms with Gasteiger partial charge in [-0.1, -0.05) is 60.7 Å². The molecule has 0 aliphatic rings. The summed E-state index contributed by atoms with van der Waals surface area (Å²) in [6, 6.07) is 19.9. The van der Waals surface area contributed by atoms with Crippen molar-refractivity contribution >= 4 is 0 Å². The standard InChI is InChI=1S/C19H24O3/c1-19(2,20)18(22-14-17-11-7-4-8-12-17)15-21-13-16-9-5-3-6-10-16/h3-12,18,20H,13-15H2,1-2H3/t18-/m0/s1. The van der Waals surface area contributed by atoms with E-state index >= 15 is 0 Å². The summed E-state index contributed by atoms with van der Waals surface area (Å²) in [5.74, 6) is 0. The van der Waals surface area contributed by atoms with Crippen LogP contribution in [0.5, 0.6) is 0 Å². The maximum atomic E-state index is 10.2. The summed E-state index contributed by atoms with van der Waals surface area (Å²) in [4.78, 5) is 0. The summed E-state index contributed by atoms with van der Waals surface area (Å²) in [7, 11) is 0. The third kappa shape index (κ3) is 5.60. The molecule has 0 bridgehead atoms. The van der Waals surface area contributed by atoms with Crippen LogP contribution in [0, 0.1) is 0 Å². The van der Waals surface area contributed by atoms with E-state index in [2.05, 4.69) is 0 Å². The molecule has 0 aliphatic heterocycles. The highest BCUT2D eigenvalue weighted by atomic mass is 16.5. The number of aliphatic hydroxyl groups is 1. The molecule has 3 heteroatoms. The van der Waals surface area contributed by atoms with Crippen LogP contribution in [0.4, 0.5) is 0 Å². The average Bonchev–Trinajstić information content (AvgIpc) is 2.51. The van der Waals surface area contributed by atoms with Crippen LogP contribution in [0.2, 0.25) is 0 Å². The monoisotopic (exact) mass is 300 g/mol. The normalized spacial score (nSPS) is 13.0. The van der Waals surface area contributed by atoms with Crippen molar-refractivity contribution in [1.29, 1.82) is 0 Å². The van der Waals surface area contributed by atoms with Gasteiger partial charge in [0.25, 0.3) is 0 Å². The first-order chi connectivity index (χ1) is 10.6. The molecule has 2 rings (SSSR count). The molecule has 118 valence electrons. The Morgan fingerprint density at radius 2 is 1.36 bits per heavy atom. The minimum Gasteiger partial charge on any atom is -0.388 e. The van der Waals surface area contributed by atoms with Crippen molar-refractivity contribution < 1.29 is 14.6 Å². The molecule has 2 aromatic carbocycles. The second-order valence-corrected chi connectivity index (χ2v) is 5.94. The molecule has 0 saturated heterocycles. The van der Waals surface area contributed by atoms with Crippen molar-refractivity contribution in [3.63, 3.8) is 0 Å². The van der Waals surface area contributed by atoms with E-state index in [0.717, 1.165) is 11.1 Å². The van der Waals surface area contributed by atoms with Crippen molar-refractivity contribution in [1.82, 2.24) is 0 Å². The molecule has 0 aromatic heterocycles. The molecule has 2 aromatic rings. The van der Waals surface area contributed by atoms with Gasteiger partial charge in [0.2, 0.25) is 0 Å². The van der Waals surface area contributed by atoms with Gasteiger partial charge in [-0.2, -0.15) is 0 Å². The van der Waals surface area contributed by atoms with Gasteiger partial charge in [-0.25, -0.2) is 0 Å². The van der Waals surface area contributed by atoms with E-state index < -0.39 is 5.60 Å². The van der Waals surface area contributed by atoms with Crippen molar-refractivity contribution in [2.75, 3.05) is 6.61 Å². The maximum Gasteiger partial charge on any atom is 0.109 e. The SMILES string of the molecule is CC(C)(O)[C@H](COCc1ccccc1)OCc1ccccc1. The van der Waals surface area contributed by atoms with Gasteiger partial charge in [-0.3, -0.25) is 0 Å². The Hall–Kier alpha value is -1.68. The van der Waals surface area contributed by atoms with Crippen LogP contribution in [0.1, 0.15) is 25.0 Å². The second-order valence-electron chi connectivity index (χ2n) is 5.94. The van der Waals surface area contributed by atoms with E-state index in [1.165, 1.54) is 0 Å². The van der Waals surface area contributed by atoms with Crippen LogP contribution in [0.25, 0.3) is 0 Å². The molecular weight excluding hydrogens is 276 g/mol. The number of hydrogen-bond donors (Lipinski definition) is 1. The molecule has 0 unspecified atom stereocenters. The molecule has 1 N–H and O–H groups in total. The van der Waals surface area contributed by atoms with Gasteiger partial charge in [0.05, 0.1) is 25.4 Å². The molecule has 3 nitrogen and oxygen atoms in total. The molecule has 0 aliphatic carbocycles. The molecule has 0 saturated carbocycles. The lowest BCUT2D eigenvalue weighted by atomic mass is 10.0. The Balaban J connectivity index is 1.84.